The van der Waals surface area contributed by atoms with Gasteiger partial charge in [-0.15, -0.1) is 0 Å². The van der Waals surface area contributed by atoms with Gasteiger partial charge in [0, 0.05) is 6.15 Å². The number of hydrogen-bond acceptors (Lipinski definition) is 1. The lowest BCUT2D eigenvalue weighted by Crippen LogP contribution is -2.11. The van der Waals surface area contributed by atoms with Gasteiger partial charge in [0.05, 0.1) is 6.04 Å². The molecule has 0 amide bonds. The Kier molecular flexibility index (Phi) is 4.03. The maximum Gasteiger partial charge on any atom is 0.0551 e. The Morgan fingerprint density at radius 2 is 1.00 bits per heavy atom. The zero-order valence-electron chi connectivity index (χ0n) is 8.38. The van der Waals surface area contributed by atoms with Crippen molar-refractivity contribution >= 4 is 0 Å². The Hall–Kier alpha value is -1.64. The van der Waals surface area contributed by atoms with Gasteiger partial charge in [0.15, 0.2) is 0 Å². The lowest BCUT2D eigenvalue weighted by atomic mass is 10.00. The summed E-state index contributed by atoms with van der Waals surface area (Å²) in [5, 5.41) is 0. The van der Waals surface area contributed by atoms with Crippen molar-refractivity contribution in [3.05, 3.63) is 71.8 Å². The molecule has 0 heterocycles. The van der Waals surface area contributed by atoms with E-state index in [0.29, 0.717) is 0 Å². The molecule has 0 saturated heterocycles. The van der Waals surface area contributed by atoms with Crippen LogP contribution >= 0.6 is 0 Å². The fourth-order valence-electron chi connectivity index (χ4n) is 1.51. The van der Waals surface area contributed by atoms with Gasteiger partial charge in [-0.05, 0) is 11.1 Å². The summed E-state index contributed by atoms with van der Waals surface area (Å²) in [5.41, 5.74) is 8.42. The molecule has 0 aliphatic carbocycles. The first-order valence-corrected chi connectivity index (χ1v) is 4.73. The fourth-order valence-corrected chi connectivity index (χ4v) is 1.51. The third kappa shape index (κ3) is 2.65. The summed E-state index contributed by atoms with van der Waals surface area (Å²) in [5.74, 6) is 0. The highest BCUT2D eigenvalue weighted by molar-refractivity contribution is 5.30. The van der Waals surface area contributed by atoms with Crippen LogP contribution in [-0.2, 0) is 0 Å². The summed E-state index contributed by atoms with van der Waals surface area (Å²) >= 11 is 0. The standard InChI is InChI=1S/C13H13N.N/c14-13(11-7-3-1-4-8-11)12-9-5-2-6-10-12;/h1-10,13H,14H2;. The normalized spacial score (nSPS) is 9.73. The van der Waals surface area contributed by atoms with E-state index in [4.69, 9.17) is 5.73 Å². The second kappa shape index (κ2) is 5.29. The molecule has 15 heavy (non-hydrogen) atoms. The third-order valence-corrected chi connectivity index (χ3v) is 2.32. The molecule has 0 bridgehead atoms. The van der Waals surface area contributed by atoms with Crippen molar-refractivity contribution < 1.29 is 0 Å². The zero-order valence-corrected chi connectivity index (χ0v) is 8.38. The molecule has 2 nitrogen and oxygen atoms in total. The monoisotopic (exact) mass is 197 g/mol. The predicted octanol–water partition coefficient (Wildman–Crippen LogP) is 2.25. The Balaban J connectivity index is 0.00000112. The highest BCUT2D eigenvalue weighted by Crippen LogP contribution is 2.18. The van der Waals surface area contributed by atoms with Gasteiger partial charge >= 0.3 is 0 Å². The molecule has 0 spiro atoms. The topological polar surface area (TPSA) is 56.5 Å². The first-order chi connectivity index (χ1) is 6.88. The minimum absolute atomic E-state index is 0. The lowest BCUT2D eigenvalue weighted by molar-refractivity contribution is 0.871. The average molecular weight is 197 g/mol. The maximum absolute atomic E-state index is 6.12. The zero-order chi connectivity index (χ0) is 9.80. The summed E-state index contributed by atoms with van der Waals surface area (Å²) < 4.78 is 0. The number of rotatable bonds is 2. The molecule has 0 aromatic heterocycles. The SMILES string of the molecule is NC(c1ccccc1)c1ccccc1.[N]. The first kappa shape index (κ1) is 11.4. The number of nitrogens with zero attached hydrogens (tertiary/aromatic N) is 1. The van der Waals surface area contributed by atoms with E-state index >= 15 is 0 Å². The molecule has 2 aromatic rings. The Morgan fingerprint density at radius 3 is 1.33 bits per heavy atom. The van der Waals surface area contributed by atoms with Crippen LogP contribution in [0.4, 0.5) is 0 Å². The van der Waals surface area contributed by atoms with Crippen molar-refractivity contribution in [3.8, 4) is 0 Å². The number of hydrogen-bond donors (Lipinski definition) is 1. The summed E-state index contributed by atoms with van der Waals surface area (Å²) in [6, 6.07) is 20.2. The van der Waals surface area contributed by atoms with Crippen molar-refractivity contribution in [3.63, 3.8) is 0 Å². The van der Waals surface area contributed by atoms with E-state index in [1.165, 1.54) is 0 Å². The second-order valence-electron chi connectivity index (χ2n) is 3.30. The maximum atomic E-state index is 6.12. The van der Waals surface area contributed by atoms with Crippen LogP contribution < -0.4 is 11.9 Å². The van der Waals surface area contributed by atoms with Gasteiger partial charge in [0.1, 0.15) is 0 Å². The van der Waals surface area contributed by atoms with Gasteiger partial charge in [-0.25, -0.2) is 0 Å². The highest BCUT2D eigenvalue weighted by atomic mass is 14.6. The molecule has 0 atom stereocenters. The molecular weight excluding hydrogens is 184 g/mol. The smallest absolute Gasteiger partial charge is 0.0551 e. The van der Waals surface area contributed by atoms with Gasteiger partial charge in [-0.2, -0.15) is 0 Å². The van der Waals surface area contributed by atoms with Crippen molar-refractivity contribution in [2.45, 2.75) is 6.04 Å². The number of nitrogens with two attached hydrogens (primary N) is 1. The lowest BCUT2D eigenvalue weighted by Gasteiger charge is -2.11. The quantitative estimate of drug-likeness (QED) is 0.788. The average Bonchev–Trinajstić information content (AvgIpc) is 2.30. The Labute approximate surface area is 90.3 Å². The van der Waals surface area contributed by atoms with Crippen LogP contribution in [0.15, 0.2) is 60.7 Å². The third-order valence-electron chi connectivity index (χ3n) is 2.32. The summed E-state index contributed by atoms with van der Waals surface area (Å²) in [6.45, 7) is 0. The van der Waals surface area contributed by atoms with Crippen molar-refractivity contribution in [2.75, 3.05) is 0 Å². The molecule has 3 radical (unpaired) electrons. The summed E-state index contributed by atoms with van der Waals surface area (Å²) in [6.07, 6.45) is 0. The van der Waals surface area contributed by atoms with E-state index in [9.17, 15) is 0 Å². The van der Waals surface area contributed by atoms with Gasteiger partial charge in [0.2, 0.25) is 0 Å². The van der Waals surface area contributed by atoms with Crippen LogP contribution in [0.1, 0.15) is 17.2 Å². The first-order valence-electron chi connectivity index (χ1n) is 4.73. The molecule has 0 saturated carbocycles. The fraction of sp³-hybridized carbons (Fsp3) is 0.0769. The van der Waals surface area contributed by atoms with Crippen LogP contribution in [0.5, 0.6) is 0 Å². The molecule has 2 rings (SSSR count). The van der Waals surface area contributed by atoms with Gasteiger partial charge in [0.25, 0.3) is 0 Å². The van der Waals surface area contributed by atoms with E-state index in [1.54, 1.807) is 0 Å². The number of benzene rings is 2. The molecule has 2 heteroatoms. The molecule has 2 aromatic carbocycles. The van der Waals surface area contributed by atoms with E-state index in [2.05, 4.69) is 24.3 Å². The van der Waals surface area contributed by atoms with E-state index in [-0.39, 0.29) is 12.2 Å². The predicted molar refractivity (Wildman–Crippen MR) is 61.0 cm³/mol. The highest BCUT2D eigenvalue weighted by Gasteiger charge is 2.06. The molecule has 0 aliphatic heterocycles. The molecule has 0 fully saturated rings. The minimum atomic E-state index is -0.0163. The van der Waals surface area contributed by atoms with Crippen LogP contribution in [0.25, 0.3) is 0 Å². The molecular formula is C13H13N2. The molecule has 2 N–H and O–H groups in total. The molecule has 0 aliphatic rings. The van der Waals surface area contributed by atoms with Crippen LogP contribution in [-0.4, -0.2) is 0 Å². The van der Waals surface area contributed by atoms with E-state index < -0.39 is 0 Å². The van der Waals surface area contributed by atoms with Crippen molar-refractivity contribution in [2.24, 2.45) is 5.73 Å². The van der Waals surface area contributed by atoms with Gasteiger partial charge in [-0.1, -0.05) is 60.7 Å². The molecule has 0 unspecified atom stereocenters. The molecule has 75 valence electrons. The Bertz CT molecular complexity index is 344. The van der Waals surface area contributed by atoms with Crippen molar-refractivity contribution in [1.82, 2.24) is 6.15 Å². The van der Waals surface area contributed by atoms with Crippen molar-refractivity contribution in [1.29, 1.82) is 0 Å². The van der Waals surface area contributed by atoms with Gasteiger partial charge < -0.3 is 5.73 Å². The van der Waals surface area contributed by atoms with Crippen LogP contribution in [0.2, 0.25) is 0 Å². The van der Waals surface area contributed by atoms with E-state index in [1.807, 2.05) is 36.4 Å². The van der Waals surface area contributed by atoms with E-state index in [0.717, 1.165) is 11.1 Å². The second-order valence-corrected chi connectivity index (χ2v) is 3.30. The summed E-state index contributed by atoms with van der Waals surface area (Å²) in [4.78, 5) is 0. The summed E-state index contributed by atoms with van der Waals surface area (Å²) in [7, 11) is 0. The minimum Gasteiger partial charge on any atom is -0.320 e. The largest absolute Gasteiger partial charge is 0.320 e. The van der Waals surface area contributed by atoms with Gasteiger partial charge in [-0.3, -0.25) is 0 Å². The van der Waals surface area contributed by atoms with Crippen LogP contribution in [0.3, 0.4) is 0 Å². The Morgan fingerprint density at radius 1 is 0.667 bits per heavy atom. The van der Waals surface area contributed by atoms with Crippen LogP contribution in [0, 0.1) is 0 Å².